The molecule has 0 spiro atoms. The first-order valence-electron chi connectivity index (χ1n) is 7.26. The molecule has 0 bridgehead atoms. The minimum atomic E-state index is -0.598. The monoisotopic (exact) mass is 363 g/mol. The van der Waals surface area contributed by atoms with E-state index in [1.54, 1.807) is 24.4 Å². The standard InChI is InChI=1S/C17H18ClN3O4/c1-23-14-7-11(8-15(24-2)17(14)25-10-16(19)22)9-20-21-13-6-4-3-5-12(13)18/h3-9,21H,10H2,1-2H3,(H2,19,22)/b20-9-. The SMILES string of the molecule is COc1cc(/C=N\Nc2ccccc2Cl)cc(OC)c1OCC(N)=O. The van der Waals surface area contributed by atoms with Crippen LogP contribution in [0.2, 0.25) is 5.02 Å². The third kappa shape index (κ3) is 5.02. The van der Waals surface area contributed by atoms with E-state index in [2.05, 4.69) is 10.5 Å². The number of methoxy groups -OCH3 is 2. The van der Waals surface area contributed by atoms with Crippen molar-refractivity contribution >= 4 is 29.4 Å². The number of nitrogens with zero attached hydrogens (tertiary/aromatic N) is 1. The number of hydrogen-bond acceptors (Lipinski definition) is 6. The lowest BCUT2D eigenvalue weighted by atomic mass is 10.2. The summed E-state index contributed by atoms with van der Waals surface area (Å²) >= 11 is 6.05. The van der Waals surface area contributed by atoms with Crippen LogP contribution in [0.4, 0.5) is 5.69 Å². The molecule has 0 fully saturated rings. The van der Waals surface area contributed by atoms with Crippen LogP contribution in [0.25, 0.3) is 0 Å². The molecule has 2 aromatic rings. The normalized spacial score (nSPS) is 10.5. The van der Waals surface area contributed by atoms with Crippen molar-refractivity contribution in [1.82, 2.24) is 0 Å². The van der Waals surface area contributed by atoms with Gasteiger partial charge in [0.05, 0.1) is 31.1 Å². The number of benzene rings is 2. The van der Waals surface area contributed by atoms with Gasteiger partial charge in [-0.15, -0.1) is 0 Å². The Balaban J connectivity index is 2.22. The van der Waals surface area contributed by atoms with Gasteiger partial charge in [-0.25, -0.2) is 0 Å². The number of primary amides is 1. The lowest BCUT2D eigenvalue weighted by molar-refractivity contribution is -0.119. The van der Waals surface area contributed by atoms with Crippen LogP contribution < -0.4 is 25.4 Å². The van der Waals surface area contributed by atoms with Gasteiger partial charge in [0.1, 0.15) is 0 Å². The zero-order valence-electron chi connectivity index (χ0n) is 13.8. The first-order valence-corrected chi connectivity index (χ1v) is 7.63. The Kier molecular flexibility index (Phi) is 6.47. The second kappa shape index (κ2) is 8.79. The highest BCUT2D eigenvalue weighted by Crippen LogP contribution is 2.38. The van der Waals surface area contributed by atoms with E-state index in [0.717, 1.165) is 0 Å². The Hall–Kier alpha value is -2.93. The number of nitrogens with two attached hydrogens (primary N) is 1. The number of amides is 1. The molecule has 7 nitrogen and oxygen atoms in total. The molecule has 2 rings (SSSR count). The van der Waals surface area contributed by atoms with E-state index >= 15 is 0 Å². The molecule has 2 aromatic carbocycles. The third-order valence-electron chi connectivity index (χ3n) is 3.11. The zero-order valence-corrected chi connectivity index (χ0v) is 14.5. The highest BCUT2D eigenvalue weighted by molar-refractivity contribution is 6.33. The molecule has 0 aliphatic heterocycles. The summed E-state index contributed by atoms with van der Waals surface area (Å²) in [7, 11) is 2.96. The van der Waals surface area contributed by atoms with Crippen molar-refractivity contribution in [2.75, 3.05) is 26.3 Å². The average Bonchev–Trinajstić information content (AvgIpc) is 2.61. The topological polar surface area (TPSA) is 95.2 Å². The summed E-state index contributed by atoms with van der Waals surface area (Å²) in [5, 5.41) is 4.70. The summed E-state index contributed by atoms with van der Waals surface area (Å²) in [6.07, 6.45) is 1.58. The highest BCUT2D eigenvalue weighted by Gasteiger charge is 2.14. The zero-order chi connectivity index (χ0) is 18.2. The molecule has 0 heterocycles. The van der Waals surface area contributed by atoms with Crippen LogP contribution in [0, 0.1) is 0 Å². The summed E-state index contributed by atoms with van der Waals surface area (Å²) in [5.41, 5.74) is 9.33. The summed E-state index contributed by atoms with van der Waals surface area (Å²) in [6, 6.07) is 10.6. The van der Waals surface area contributed by atoms with Crippen LogP contribution >= 0.6 is 11.6 Å². The molecular weight excluding hydrogens is 346 g/mol. The number of carbonyl (C=O) groups excluding carboxylic acids is 1. The Labute approximate surface area is 150 Å². The van der Waals surface area contributed by atoms with Crippen LogP contribution in [-0.2, 0) is 4.79 Å². The highest BCUT2D eigenvalue weighted by atomic mass is 35.5. The minimum absolute atomic E-state index is 0.284. The number of ether oxygens (including phenoxy) is 3. The summed E-state index contributed by atoms with van der Waals surface area (Å²) in [6.45, 7) is -0.284. The molecule has 0 radical (unpaired) electrons. The minimum Gasteiger partial charge on any atom is -0.493 e. The van der Waals surface area contributed by atoms with Gasteiger partial charge >= 0.3 is 0 Å². The van der Waals surface area contributed by atoms with Crippen molar-refractivity contribution in [3.8, 4) is 17.2 Å². The smallest absolute Gasteiger partial charge is 0.255 e. The Morgan fingerprint density at radius 2 is 1.88 bits per heavy atom. The van der Waals surface area contributed by atoms with Crippen molar-refractivity contribution < 1.29 is 19.0 Å². The molecule has 0 unspecified atom stereocenters. The van der Waals surface area contributed by atoms with Gasteiger partial charge in [0, 0.05) is 5.56 Å². The summed E-state index contributed by atoms with van der Waals surface area (Å²) < 4.78 is 15.9. The van der Waals surface area contributed by atoms with Gasteiger partial charge in [-0.2, -0.15) is 5.10 Å². The Bertz CT molecular complexity index is 755. The van der Waals surface area contributed by atoms with Gasteiger partial charge in [-0.1, -0.05) is 23.7 Å². The van der Waals surface area contributed by atoms with E-state index in [1.807, 2.05) is 18.2 Å². The fraction of sp³-hybridized carbons (Fsp3) is 0.176. The molecule has 8 heteroatoms. The lowest BCUT2D eigenvalue weighted by Gasteiger charge is -2.14. The molecule has 132 valence electrons. The van der Waals surface area contributed by atoms with E-state index in [-0.39, 0.29) is 6.61 Å². The van der Waals surface area contributed by atoms with Crippen LogP contribution in [-0.4, -0.2) is 32.9 Å². The van der Waals surface area contributed by atoms with Crippen molar-refractivity contribution in [2.24, 2.45) is 10.8 Å². The molecule has 0 atom stereocenters. The maximum absolute atomic E-state index is 10.9. The van der Waals surface area contributed by atoms with Gasteiger partial charge in [-0.05, 0) is 24.3 Å². The molecule has 0 aliphatic rings. The maximum Gasteiger partial charge on any atom is 0.255 e. The van der Waals surface area contributed by atoms with Crippen molar-refractivity contribution in [2.45, 2.75) is 0 Å². The van der Waals surface area contributed by atoms with E-state index < -0.39 is 5.91 Å². The first kappa shape index (κ1) is 18.4. The van der Waals surface area contributed by atoms with Crippen LogP contribution in [0.15, 0.2) is 41.5 Å². The van der Waals surface area contributed by atoms with E-state index in [4.69, 9.17) is 31.5 Å². The Morgan fingerprint density at radius 1 is 1.24 bits per heavy atom. The average molecular weight is 364 g/mol. The second-order valence-electron chi connectivity index (χ2n) is 4.86. The fourth-order valence-corrected chi connectivity index (χ4v) is 2.17. The number of halogens is 1. The van der Waals surface area contributed by atoms with E-state index in [0.29, 0.717) is 33.5 Å². The van der Waals surface area contributed by atoms with Crippen LogP contribution in [0.1, 0.15) is 5.56 Å². The van der Waals surface area contributed by atoms with Crippen molar-refractivity contribution in [3.63, 3.8) is 0 Å². The number of hydrazone groups is 1. The molecule has 3 N–H and O–H groups in total. The van der Waals surface area contributed by atoms with E-state index in [9.17, 15) is 4.79 Å². The molecule has 0 aromatic heterocycles. The van der Waals surface area contributed by atoms with Gasteiger partial charge < -0.3 is 19.9 Å². The molecule has 25 heavy (non-hydrogen) atoms. The molecule has 0 aliphatic carbocycles. The van der Waals surface area contributed by atoms with Gasteiger partial charge in [0.15, 0.2) is 18.1 Å². The van der Waals surface area contributed by atoms with Gasteiger partial charge in [-0.3, -0.25) is 10.2 Å². The first-order chi connectivity index (χ1) is 12.0. The number of anilines is 1. The third-order valence-corrected chi connectivity index (χ3v) is 3.44. The van der Waals surface area contributed by atoms with Gasteiger partial charge in [0.2, 0.25) is 5.75 Å². The van der Waals surface area contributed by atoms with Crippen LogP contribution in [0.5, 0.6) is 17.2 Å². The molecule has 0 saturated heterocycles. The van der Waals surface area contributed by atoms with Crippen molar-refractivity contribution in [1.29, 1.82) is 0 Å². The predicted molar refractivity (Wildman–Crippen MR) is 96.9 cm³/mol. The van der Waals surface area contributed by atoms with Gasteiger partial charge in [0.25, 0.3) is 5.91 Å². The summed E-state index contributed by atoms with van der Waals surface area (Å²) in [4.78, 5) is 10.9. The molecular formula is C17H18ClN3O4. The Morgan fingerprint density at radius 3 is 2.44 bits per heavy atom. The lowest BCUT2D eigenvalue weighted by Crippen LogP contribution is -2.20. The number of para-hydroxylation sites is 1. The molecule has 1 amide bonds. The second-order valence-corrected chi connectivity index (χ2v) is 5.27. The predicted octanol–water partition coefficient (Wildman–Crippen LogP) is 2.67. The largest absolute Gasteiger partial charge is 0.493 e. The van der Waals surface area contributed by atoms with E-state index in [1.165, 1.54) is 14.2 Å². The molecule has 0 saturated carbocycles. The van der Waals surface area contributed by atoms with Crippen LogP contribution in [0.3, 0.4) is 0 Å². The number of rotatable bonds is 8. The van der Waals surface area contributed by atoms with Crippen molar-refractivity contribution in [3.05, 3.63) is 47.0 Å². The fourth-order valence-electron chi connectivity index (χ4n) is 1.99. The maximum atomic E-state index is 10.9. The summed E-state index contributed by atoms with van der Waals surface area (Å²) in [5.74, 6) is 0.471. The number of nitrogens with one attached hydrogen (secondary N) is 1. The number of carbonyl (C=O) groups is 1. The quantitative estimate of drug-likeness (QED) is 0.555. The number of hydrogen-bond donors (Lipinski definition) is 2.